The molecule has 1 rings (SSSR count). The Morgan fingerprint density at radius 3 is 2.11 bits per heavy atom. The number of nitrogens with one attached hydrogen (secondary N) is 2. The molecular weight excluding hydrogens is 240 g/mol. The van der Waals surface area contributed by atoms with Crippen LogP contribution in [0.4, 0.5) is 0 Å². The molecule has 1 heterocycles. The van der Waals surface area contributed by atoms with Gasteiger partial charge in [0, 0.05) is 31.0 Å². The minimum Gasteiger partial charge on any atom is -0.380 e. The van der Waals surface area contributed by atoms with Gasteiger partial charge < -0.3 is 15.4 Å². The Balaban J connectivity index is 0.00000154. The van der Waals surface area contributed by atoms with Gasteiger partial charge in [-0.15, -0.1) is 0 Å². The van der Waals surface area contributed by atoms with Crippen molar-refractivity contribution in [3.8, 4) is 0 Å². The SMILES string of the molecule is CC.CC(C)CC(=O)NCC1(CNC(C)C)COC1. The van der Waals surface area contributed by atoms with Gasteiger partial charge in [-0.25, -0.2) is 0 Å². The van der Waals surface area contributed by atoms with E-state index >= 15 is 0 Å². The van der Waals surface area contributed by atoms with Crippen molar-refractivity contribution < 1.29 is 9.53 Å². The van der Waals surface area contributed by atoms with Crippen molar-refractivity contribution in [1.29, 1.82) is 0 Å². The molecule has 0 aromatic heterocycles. The molecule has 1 fully saturated rings. The fourth-order valence-corrected chi connectivity index (χ4v) is 1.81. The first-order valence-corrected chi connectivity index (χ1v) is 7.51. The third-order valence-electron chi connectivity index (χ3n) is 2.96. The minimum absolute atomic E-state index is 0.108. The van der Waals surface area contributed by atoms with Gasteiger partial charge in [0.25, 0.3) is 0 Å². The lowest BCUT2D eigenvalue weighted by Gasteiger charge is -2.42. The van der Waals surface area contributed by atoms with Crippen LogP contribution < -0.4 is 10.6 Å². The number of carbonyl (C=O) groups excluding carboxylic acids is 1. The highest BCUT2D eigenvalue weighted by molar-refractivity contribution is 5.76. The number of hydrogen-bond acceptors (Lipinski definition) is 3. The molecule has 1 aliphatic rings. The van der Waals surface area contributed by atoms with Crippen LogP contribution >= 0.6 is 0 Å². The van der Waals surface area contributed by atoms with Crippen LogP contribution in [0.3, 0.4) is 0 Å². The molecule has 1 amide bonds. The summed E-state index contributed by atoms with van der Waals surface area (Å²) in [6, 6.07) is 0.471. The van der Waals surface area contributed by atoms with E-state index in [9.17, 15) is 4.79 Å². The smallest absolute Gasteiger partial charge is 0.220 e. The largest absolute Gasteiger partial charge is 0.380 e. The van der Waals surface area contributed by atoms with Crippen LogP contribution in [0, 0.1) is 11.3 Å². The van der Waals surface area contributed by atoms with Gasteiger partial charge in [0.15, 0.2) is 0 Å². The van der Waals surface area contributed by atoms with E-state index in [1.54, 1.807) is 0 Å². The second-order valence-electron chi connectivity index (χ2n) is 5.90. The zero-order valence-corrected chi connectivity index (χ0v) is 13.5. The van der Waals surface area contributed by atoms with Crippen LogP contribution in [0.1, 0.15) is 48.0 Å². The lowest BCUT2D eigenvalue weighted by molar-refractivity contribution is -0.129. The van der Waals surface area contributed by atoms with Crippen molar-refractivity contribution in [2.45, 2.75) is 54.0 Å². The van der Waals surface area contributed by atoms with Crippen LogP contribution in [-0.4, -0.2) is 38.3 Å². The summed E-state index contributed by atoms with van der Waals surface area (Å²) in [5.74, 6) is 0.563. The van der Waals surface area contributed by atoms with E-state index in [0.717, 1.165) is 26.3 Å². The minimum atomic E-state index is 0.108. The summed E-state index contributed by atoms with van der Waals surface area (Å²) in [4.78, 5) is 11.6. The van der Waals surface area contributed by atoms with E-state index in [2.05, 4.69) is 38.3 Å². The zero-order valence-electron chi connectivity index (χ0n) is 13.5. The predicted octanol–water partition coefficient (Wildman–Crippen LogP) is 2.19. The van der Waals surface area contributed by atoms with E-state index in [0.29, 0.717) is 18.4 Å². The molecule has 0 bridgehead atoms. The van der Waals surface area contributed by atoms with Gasteiger partial charge in [0.2, 0.25) is 5.91 Å². The molecule has 114 valence electrons. The van der Waals surface area contributed by atoms with Crippen molar-refractivity contribution in [2.75, 3.05) is 26.3 Å². The quantitative estimate of drug-likeness (QED) is 0.747. The molecule has 0 radical (unpaired) electrons. The van der Waals surface area contributed by atoms with Gasteiger partial charge in [-0.1, -0.05) is 41.5 Å². The Morgan fingerprint density at radius 1 is 1.16 bits per heavy atom. The van der Waals surface area contributed by atoms with Crippen molar-refractivity contribution in [1.82, 2.24) is 10.6 Å². The third kappa shape index (κ3) is 7.53. The van der Waals surface area contributed by atoms with Crippen molar-refractivity contribution in [3.05, 3.63) is 0 Å². The summed E-state index contributed by atoms with van der Waals surface area (Å²) < 4.78 is 5.29. The summed E-state index contributed by atoms with van der Waals surface area (Å²) in [6.07, 6.45) is 0.606. The average molecular weight is 272 g/mol. The highest BCUT2D eigenvalue weighted by atomic mass is 16.5. The van der Waals surface area contributed by atoms with Crippen LogP contribution in [0.5, 0.6) is 0 Å². The summed E-state index contributed by atoms with van der Waals surface area (Å²) in [5.41, 5.74) is 0.108. The molecule has 1 aliphatic heterocycles. The zero-order chi connectivity index (χ0) is 14.9. The molecule has 0 spiro atoms. The first-order valence-electron chi connectivity index (χ1n) is 7.51. The maximum Gasteiger partial charge on any atom is 0.220 e. The lowest BCUT2D eigenvalue weighted by Crippen LogP contribution is -2.56. The van der Waals surface area contributed by atoms with Gasteiger partial charge in [-0.05, 0) is 5.92 Å². The van der Waals surface area contributed by atoms with Crippen LogP contribution in [0.25, 0.3) is 0 Å². The van der Waals surface area contributed by atoms with Gasteiger partial charge in [0.1, 0.15) is 0 Å². The normalized spacial score (nSPS) is 16.6. The Labute approximate surface area is 118 Å². The monoisotopic (exact) mass is 272 g/mol. The third-order valence-corrected chi connectivity index (χ3v) is 2.96. The van der Waals surface area contributed by atoms with E-state index in [1.165, 1.54) is 0 Å². The molecule has 2 N–H and O–H groups in total. The van der Waals surface area contributed by atoms with Gasteiger partial charge in [0.05, 0.1) is 13.2 Å². The Hall–Kier alpha value is -0.610. The molecule has 4 heteroatoms. The number of hydrogen-bond donors (Lipinski definition) is 2. The maximum atomic E-state index is 11.6. The molecule has 0 saturated carbocycles. The molecule has 0 aliphatic carbocycles. The number of ether oxygens (including phenoxy) is 1. The van der Waals surface area contributed by atoms with Gasteiger partial charge in [-0.2, -0.15) is 0 Å². The topological polar surface area (TPSA) is 50.4 Å². The predicted molar refractivity (Wildman–Crippen MR) is 80.2 cm³/mol. The molecule has 0 unspecified atom stereocenters. The molecule has 19 heavy (non-hydrogen) atoms. The summed E-state index contributed by atoms with van der Waals surface area (Å²) in [6.45, 7) is 15.5. The summed E-state index contributed by atoms with van der Waals surface area (Å²) in [5, 5.41) is 6.44. The number of carbonyl (C=O) groups is 1. The van der Waals surface area contributed by atoms with E-state index in [-0.39, 0.29) is 11.3 Å². The fraction of sp³-hybridized carbons (Fsp3) is 0.933. The molecule has 0 aromatic carbocycles. The number of amides is 1. The maximum absolute atomic E-state index is 11.6. The van der Waals surface area contributed by atoms with E-state index < -0.39 is 0 Å². The Kier molecular flexibility index (Phi) is 9.02. The van der Waals surface area contributed by atoms with Gasteiger partial charge >= 0.3 is 0 Å². The summed E-state index contributed by atoms with van der Waals surface area (Å²) in [7, 11) is 0. The first kappa shape index (κ1) is 18.4. The Morgan fingerprint density at radius 2 is 1.74 bits per heavy atom. The van der Waals surface area contributed by atoms with Crippen LogP contribution in [0.15, 0.2) is 0 Å². The van der Waals surface area contributed by atoms with Crippen molar-refractivity contribution in [2.24, 2.45) is 11.3 Å². The standard InChI is InChI=1S/C13H26N2O2.C2H6/c1-10(2)5-12(16)15-7-13(8-17-9-13)6-14-11(3)4;1-2/h10-11,14H,5-9H2,1-4H3,(H,15,16);1-2H3. The fourth-order valence-electron chi connectivity index (χ4n) is 1.81. The van der Waals surface area contributed by atoms with Gasteiger partial charge in [-0.3, -0.25) is 4.79 Å². The molecule has 1 saturated heterocycles. The first-order chi connectivity index (χ1) is 8.93. The van der Waals surface area contributed by atoms with Crippen LogP contribution in [0.2, 0.25) is 0 Å². The summed E-state index contributed by atoms with van der Waals surface area (Å²) >= 11 is 0. The average Bonchev–Trinajstić information content (AvgIpc) is 2.28. The van der Waals surface area contributed by atoms with Crippen molar-refractivity contribution in [3.63, 3.8) is 0 Å². The second kappa shape index (κ2) is 9.32. The molecular formula is C15H32N2O2. The molecule has 0 atom stereocenters. The highest BCUT2D eigenvalue weighted by Crippen LogP contribution is 2.25. The highest BCUT2D eigenvalue weighted by Gasteiger charge is 2.38. The van der Waals surface area contributed by atoms with E-state index in [1.807, 2.05) is 13.8 Å². The number of rotatable bonds is 7. The Bertz CT molecular complexity index is 249. The molecule has 0 aromatic rings. The lowest BCUT2D eigenvalue weighted by atomic mass is 9.85. The van der Waals surface area contributed by atoms with E-state index in [4.69, 9.17) is 4.74 Å². The van der Waals surface area contributed by atoms with Crippen LogP contribution in [-0.2, 0) is 9.53 Å². The second-order valence-corrected chi connectivity index (χ2v) is 5.90. The van der Waals surface area contributed by atoms with Crippen molar-refractivity contribution >= 4 is 5.91 Å². The molecule has 4 nitrogen and oxygen atoms in total.